The fourth-order valence-electron chi connectivity index (χ4n) is 1.88. The summed E-state index contributed by atoms with van der Waals surface area (Å²) in [6.07, 6.45) is 0.977. The number of ether oxygens (including phenoxy) is 1. The molecule has 0 saturated heterocycles. The van der Waals surface area contributed by atoms with Crippen molar-refractivity contribution in [3.8, 4) is 5.75 Å². The molecule has 0 bridgehead atoms. The lowest BCUT2D eigenvalue weighted by molar-refractivity contribution is 0.332. The summed E-state index contributed by atoms with van der Waals surface area (Å²) in [5.41, 5.74) is 0.706. The monoisotopic (exact) mass is 317 g/mol. The predicted molar refractivity (Wildman–Crippen MR) is 82.9 cm³/mol. The summed E-state index contributed by atoms with van der Waals surface area (Å²) in [5.74, 6) is 0.264. The maximum atomic E-state index is 13.4. The maximum absolute atomic E-state index is 13.4. The highest BCUT2D eigenvalue weighted by Gasteiger charge is 2.14. The normalized spacial score (nSPS) is 13.1. The second-order valence-corrected chi connectivity index (χ2v) is 7.42. The van der Waals surface area contributed by atoms with Crippen molar-refractivity contribution in [2.24, 2.45) is 0 Å². The standard InChI is InChI=1S/C15H24FNO3S/c1-4-8-17-12(3)14-11-13(16)6-7-15(14)20-9-10-21(18,19)5-2/h6-7,11-12,17H,4-5,8-10H2,1-3H3. The summed E-state index contributed by atoms with van der Waals surface area (Å²) in [5, 5.41) is 3.27. The molecule has 1 atom stereocenters. The molecule has 0 spiro atoms. The summed E-state index contributed by atoms with van der Waals surface area (Å²) in [7, 11) is -3.06. The van der Waals surface area contributed by atoms with Gasteiger partial charge in [0.1, 0.15) is 18.2 Å². The first-order valence-electron chi connectivity index (χ1n) is 7.25. The van der Waals surface area contributed by atoms with Crippen molar-refractivity contribution in [2.45, 2.75) is 33.2 Å². The van der Waals surface area contributed by atoms with Gasteiger partial charge in [-0.25, -0.2) is 12.8 Å². The van der Waals surface area contributed by atoms with Gasteiger partial charge in [0.25, 0.3) is 0 Å². The molecule has 0 heterocycles. The first-order chi connectivity index (χ1) is 9.89. The number of hydrogen-bond acceptors (Lipinski definition) is 4. The lowest BCUT2D eigenvalue weighted by atomic mass is 10.1. The second-order valence-electron chi connectivity index (χ2n) is 4.94. The van der Waals surface area contributed by atoms with Crippen molar-refractivity contribution in [1.29, 1.82) is 0 Å². The number of halogens is 1. The van der Waals surface area contributed by atoms with E-state index in [0.29, 0.717) is 11.3 Å². The van der Waals surface area contributed by atoms with Crippen molar-refractivity contribution < 1.29 is 17.5 Å². The van der Waals surface area contributed by atoms with E-state index in [0.717, 1.165) is 13.0 Å². The third kappa shape index (κ3) is 6.01. The smallest absolute Gasteiger partial charge is 0.153 e. The zero-order chi connectivity index (χ0) is 15.9. The Morgan fingerprint density at radius 3 is 2.67 bits per heavy atom. The van der Waals surface area contributed by atoms with Crippen LogP contribution in [0.15, 0.2) is 18.2 Å². The van der Waals surface area contributed by atoms with Crippen LogP contribution in [0.3, 0.4) is 0 Å². The van der Waals surface area contributed by atoms with Crippen LogP contribution in [-0.4, -0.2) is 33.1 Å². The van der Waals surface area contributed by atoms with E-state index in [2.05, 4.69) is 12.2 Å². The minimum Gasteiger partial charge on any atom is -0.492 e. The Balaban J connectivity index is 2.77. The van der Waals surface area contributed by atoms with Crippen LogP contribution in [0.5, 0.6) is 5.75 Å². The predicted octanol–water partition coefficient (Wildman–Crippen LogP) is 2.70. The molecule has 1 rings (SSSR count). The minimum atomic E-state index is -3.06. The van der Waals surface area contributed by atoms with E-state index < -0.39 is 9.84 Å². The van der Waals surface area contributed by atoms with E-state index in [1.807, 2.05) is 6.92 Å². The molecule has 1 N–H and O–H groups in total. The quantitative estimate of drug-likeness (QED) is 0.761. The molecule has 0 fully saturated rings. The highest BCUT2D eigenvalue weighted by Crippen LogP contribution is 2.26. The van der Waals surface area contributed by atoms with Gasteiger partial charge in [-0.3, -0.25) is 0 Å². The number of nitrogens with one attached hydrogen (secondary N) is 1. The Hall–Kier alpha value is -1.14. The van der Waals surface area contributed by atoms with Crippen molar-refractivity contribution in [3.63, 3.8) is 0 Å². The summed E-state index contributed by atoms with van der Waals surface area (Å²) in [6, 6.07) is 4.24. The van der Waals surface area contributed by atoms with E-state index in [4.69, 9.17) is 4.74 Å². The SMILES string of the molecule is CCCNC(C)c1cc(F)ccc1OCCS(=O)(=O)CC. The third-order valence-corrected chi connectivity index (χ3v) is 4.90. The molecule has 21 heavy (non-hydrogen) atoms. The topological polar surface area (TPSA) is 55.4 Å². The van der Waals surface area contributed by atoms with Gasteiger partial charge in [0.15, 0.2) is 9.84 Å². The van der Waals surface area contributed by atoms with Gasteiger partial charge in [0, 0.05) is 17.4 Å². The van der Waals surface area contributed by atoms with Crippen LogP contribution in [-0.2, 0) is 9.84 Å². The average molecular weight is 317 g/mol. The molecule has 0 aliphatic rings. The van der Waals surface area contributed by atoms with Gasteiger partial charge < -0.3 is 10.1 Å². The van der Waals surface area contributed by atoms with E-state index in [9.17, 15) is 12.8 Å². The molecule has 6 heteroatoms. The Kier molecular flexibility index (Phi) is 7.11. The van der Waals surface area contributed by atoms with Crippen LogP contribution in [0.1, 0.15) is 38.8 Å². The molecule has 0 saturated carbocycles. The minimum absolute atomic E-state index is 0.0307. The average Bonchev–Trinajstić information content (AvgIpc) is 2.46. The number of rotatable bonds is 9. The number of benzene rings is 1. The van der Waals surface area contributed by atoms with Gasteiger partial charge in [-0.1, -0.05) is 13.8 Å². The van der Waals surface area contributed by atoms with Gasteiger partial charge >= 0.3 is 0 Å². The van der Waals surface area contributed by atoms with E-state index in [1.165, 1.54) is 12.1 Å². The molecule has 1 aromatic rings. The first kappa shape index (κ1) is 17.9. The van der Waals surface area contributed by atoms with Crippen LogP contribution in [0, 0.1) is 5.82 Å². The molecular formula is C15H24FNO3S. The molecule has 1 unspecified atom stereocenters. The zero-order valence-corrected chi connectivity index (χ0v) is 13.7. The molecule has 4 nitrogen and oxygen atoms in total. The van der Waals surface area contributed by atoms with Gasteiger partial charge in [-0.15, -0.1) is 0 Å². The largest absolute Gasteiger partial charge is 0.492 e. The van der Waals surface area contributed by atoms with Crippen molar-refractivity contribution in [3.05, 3.63) is 29.6 Å². The maximum Gasteiger partial charge on any atom is 0.153 e. The van der Waals surface area contributed by atoms with Crippen molar-refractivity contribution in [1.82, 2.24) is 5.32 Å². The van der Waals surface area contributed by atoms with E-state index >= 15 is 0 Å². The molecule has 0 aliphatic carbocycles. The lowest BCUT2D eigenvalue weighted by Gasteiger charge is -2.18. The highest BCUT2D eigenvalue weighted by molar-refractivity contribution is 7.91. The fourth-order valence-corrected chi connectivity index (χ4v) is 2.51. The second kappa shape index (κ2) is 8.34. The first-order valence-corrected chi connectivity index (χ1v) is 9.07. The third-order valence-electron chi connectivity index (χ3n) is 3.23. The molecule has 1 aromatic carbocycles. The van der Waals surface area contributed by atoms with E-state index in [-0.39, 0.29) is 30.0 Å². The molecular weight excluding hydrogens is 293 g/mol. The Labute approximate surface area is 126 Å². The number of hydrogen-bond donors (Lipinski definition) is 1. The molecule has 120 valence electrons. The summed E-state index contributed by atoms with van der Waals surface area (Å²) < 4.78 is 41.9. The van der Waals surface area contributed by atoms with Crippen LogP contribution in [0.25, 0.3) is 0 Å². The van der Waals surface area contributed by atoms with Crippen LogP contribution < -0.4 is 10.1 Å². The summed E-state index contributed by atoms with van der Waals surface area (Å²) in [6.45, 7) is 6.49. The highest BCUT2D eigenvalue weighted by atomic mass is 32.2. The van der Waals surface area contributed by atoms with Gasteiger partial charge in [-0.05, 0) is 38.1 Å². The molecule has 0 amide bonds. The zero-order valence-electron chi connectivity index (χ0n) is 12.9. The van der Waals surface area contributed by atoms with Crippen LogP contribution >= 0.6 is 0 Å². The van der Waals surface area contributed by atoms with Crippen molar-refractivity contribution in [2.75, 3.05) is 24.7 Å². The Morgan fingerprint density at radius 2 is 2.05 bits per heavy atom. The van der Waals surface area contributed by atoms with Gasteiger partial charge in [0.05, 0.1) is 5.75 Å². The Morgan fingerprint density at radius 1 is 1.33 bits per heavy atom. The van der Waals surface area contributed by atoms with Crippen LogP contribution in [0.4, 0.5) is 4.39 Å². The molecule has 0 aromatic heterocycles. The Bertz CT molecular complexity index is 546. The van der Waals surface area contributed by atoms with E-state index in [1.54, 1.807) is 13.0 Å². The lowest BCUT2D eigenvalue weighted by Crippen LogP contribution is -2.21. The van der Waals surface area contributed by atoms with Gasteiger partial charge in [-0.2, -0.15) is 0 Å². The van der Waals surface area contributed by atoms with Gasteiger partial charge in [0.2, 0.25) is 0 Å². The van der Waals surface area contributed by atoms with Crippen LogP contribution in [0.2, 0.25) is 0 Å². The molecule has 0 radical (unpaired) electrons. The summed E-state index contributed by atoms with van der Waals surface area (Å²) >= 11 is 0. The fraction of sp³-hybridized carbons (Fsp3) is 0.600. The number of sulfone groups is 1. The van der Waals surface area contributed by atoms with Crippen molar-refractivity contribution >= 4 is 9.84 Å². The summed E-state index contributed by atoms with van der Waals surface area (Å²) in [4.78, 5) is 0. The molecule has 0 aliphatic heterocycles.